The lowest BCUT2D eigenvalue weighted by molar-refractivity contribution is -0.138. The second-order valence-electron chi connectivity index (χ2n) is 4.22. The van der Waals surface area contributed by atoms with E-state index in [0.717, 1.165) is 10.8 Å². The molecular weight excluding hydrogens is 275 g/mol. The molecule has 106 valence electrons. The highest BCUT2D eigenvalue weighted by Gasteiger charge is 2.37. The highest BCUT2D eigenvalue weighted by molar-refractivity contribution is 5.89. The Kier molecular flexibility index (Phi) is 3.24. The summed E-state index contributed by atoms with van der Waals surface area (Å²) in [6.45, 7) is 3.22. The largest absolute Gasteiger partial charge is 0.478 e. The van der Waals surface area contributed by atoms with Crippen LogP contribution >= 0.6 is 0 Å². The predicted octanol–water partition coefficient (Wildman–Crippen LogP) is 2.60. The topological polar surface area (TPSA) is 68.0 Å². The third kappa shape index (κ3) is 2.49. The molecule has 5 nitrogen and oxygen atoms in total. The van der Waals surface area contributed by atoms with E-state index in [0.29, 0.717) is 17.6 Å². The molecule has 8 heteroatoms. The minimum absolute atomic E-state index is 0.169. The van der Waals surface area contributed by atoms with Crippen molar-refractivity contribution in [1.82, 2.24) is 14.5 Å². The Labute approximate surface area is 111 Å². The summed E-state index contributed by atoms with van der Waals surface area (Å²) in [5, 5.41) is 8.86. The van der Waals surface area contributed by atoms with Crippen molar-refractivity contribution in [2.75, 3.05) is 0 Å². The number of carboxylic acids is 1. The number of carbonyl (C=O) groups is 1. The first kappa shape index (κ1) is 14.0. The van der Waals surface area contributed by atoms with Crippen molar-refractivity contribution in [3.05, 3.63) is 41.1 Å². The monoisotopic (exact) mass is 285 g/mol. The Morgan fingerprint density at radius 2 is 1.95 bits per heavy atom. The Hall–Kier alpha value is -2.38. The van der Waals surface area contributed by atoms with Crippen LogP contribution in [0.2, 0.25) is 0 Å². The van der Waals surface area contributed by atoms with Gasteiger partial charge >= 0.3 is 12.1 Å². The zero-order valence-corrected chi connectivity index (χ0v) is 10.6. The third-order valence-corrected chi connectivity index (χ3v) is 2.66. The minimum Gasteiger partial charge on any atom is -0.478 e. The maximum Gasteiger partial charge on any atom is 0.418 e. The molecule has 1 N–H and O–H groups in total. The number of nitrogens with zero attached hydrogens (tertiary/aromatic N) is 3. The molecule has 0 bridgehead atoms. The number of aromatic nitrogens is 3. The van der Waals surface area contributed by atoms with Crippen LogP contribution in [0.5, 0.6) is 0 Å². The van der Waals surface area contributed by atoms with Gasteiger partial charge in [-0.2, -0.15) is 13.2 Å². The fraction of sp³-hybridized carbons (Fsp3) is 0.250. The molecule has 2 heterocycles. The predicted molar refractivity (Wildman–Crippen MR) is 62.8 cm³/mol. The highest BCUT2D eigenvalue weighted by Crippen LogP contribution is 2.33. The van der Waals surface area contributed by atoms with Crippen LogP contribution in [0.3, 0.4) is 0 Å². The number of rotatable bonds is 2. The number of carboxylic acid groups (broad SMARTS) is 1. The van der Waals surface area contributed by atoms with Crippen LogP contribution in [-0.2, 0) is 6.18 Å². The van der Waals surface area contributed by atoms with Crippen LogP contribution in [0.1, 0.15) is 27.3 Å². The Balaban J connectivity index is 2.65. The van der Waals surface area contributed by atoms with Gasteiger partial charge in [0.1, 0.15) is 0 Å². The number of halogens is 3. The van der Waals surface area contributed by atoms with E-state index in [1.54, 1.807) is 13.8 Å². The van der Waals surface area contributed by atoms with Gasteiger partial charge in [-0.3, -0.25) is 4.98 Å². The molecule has 0 unspecified atom stereocenters. The number of hydrogen-bond donors (Lipinski definition) is 1. The van der Waals surface area contributed by atoms with E-state index in [4.69, 9.17) is 5.11 Å². The molecule has 0 aromatic carbocycles. The van der Waals surface area contributed by atoms with Crippen molar-refractivity contribution in [2.24, 2.45) is 0 Å². The standard InChI is InChI=1S/C12H10F3N3O2/c1-6-3-16-7(2)10(17-6)18-4-8(11(19)20)9(5-18)12(13,14)15/h3-5H,1-2H3,(H,19,20). The Bertz CT molecular complexity index is 677. The number of hydrogen-bond acceptors (Lipinski definition) is 3. The van der Waals surface area contributed by atoms with E-state index in [1.807, 2.05) is 0 Å². The van der Waals surface area contributed by atoms with E-state index >= 15 is 0 Å². The summed E-state index contributed by atoms with van der Waals surface area (Å²) >= 11 is 0. The lowest BCUT2D eigenvalue weighted by Gasteiger charge is -2.06. The van der Waals surface area contributed by atoms with Crippen molar-refractivity contribution in [3.8, 4) is 5.82 Å². The lowest BCUT2D eigenvalue weighted by Crippen LogP contribution is -2.09. The van der Waals surface area contributed by atoms with Gasteiger partial charge in [0, 0.05) is 18.6 Å². The summed E-state index contributed by atoms with van der Waals surface area (Å²) in [6.07, 6.45) is -1.67. The van der Waals surface area contributed by atoms with E-state index in [-0.39, 0.29) is 5.82 Å². The second-order valence-corrected chi connectivity index (χ2v) is 4.22. The van der Waals surface area contributed by atoms with Gasteiger partial charge in [0.2, 0.25) is 0 Å². The molecule has 0 saturated heterocycles. The maximum absolute atomic E-state index is 12.8. The molecule has 0 aliphatic heterocycles. The first-order chi connectivity index (χ1) is 9.20. The minimum atomic E-state index is -4.75. The van der Waals surface area contributed by atoms with Gasteiger partial charge in [0.15, 0.2) is 5.82 Å². The molecule has 0 spiro atoms. The van der Waals surface area contributed by atoms with Gasteiger partial charge in [0.25, 0.3) is 0 Å². The van der Waals surface area contributed by atoms with Crippen LogP contribution in [-0.4, -0.2) is 25.6 Å². The normalized spacial score (nSPS) is 11.7. The molecule has 20 heavy (non-hydrogen) atoms. The SMILES string of the molecule is Cc1cnc(C)c(-n2cc(C(=O)O)c(C(F)(F)F)c2)n1. The van der Waals surface area contributed by atoms with E-state index in [9.17, 15) is 18.0 Å². The first-order valence-electron chi connectivity index (χ1n) is 5.53. The molecular formula is C12H10F3N3O2. The molecule has 0 aliphatic rings. The fourth-order valence-corrected chi connectivity index (χ4v) is 1.74. The maximum atomic E-state index is 12.8. The summed E-state index contributed by atoms with van der Waals surface area (Å²) < 4.78 is 39.4. The number of alkyl halides is 3. The van der Waals surface area contributed by atoms with Gasteiger partial charge in [-0.15, -0.1) is 0 Å². The zero-order chi connectivity index (χ0) is 15.1. The van der Waals surface area contributed by atoms with Gasteiger partial charge in [-0.1, -0.05) is 0 Å². The van der Waals surface area contributed by atoms with Crippen molar-refractivity contribution >= 4 is 5.97 Å². The van der Waals surface area contributed by atoms with Crippen LogP contribution < -0.4 is 0 Å². The highest BCUT2D eigenvalue weighted by atomic mass is 19.4. The van der Waals surface area contributed by atoms with Gasteiger partial charge in [0.05, 0.1) is 22.5 Å². The van der Waals surface area contributed by atoms with Gasteiger partial charge in [-0.25, -0.2) is 9.78 Å². The first-order valence-corrected chi connectivity index (χ1v) is 5.53. The van der Waals surface area contributed by atoms with Crippen molar-refractivity contribution in [1.29, 1.82) is 0 Å². The van der Waals surface area contributed by atoms with E-state index in [1.165, 1.54) is 6.20 Å². The molecule has 0 saturated carbocycles. The zero-order valence-electron chi connectivity index (χ0n) is 10.6. The summed E-state index contributed by atoms with van der Waals surface area (Å²) in [7, 11) is 0. The molecule has 0 amide bonds. The third-order valence-electron chi connectivity index (χ3n) is 2.66. The lowest BCUT2D eigenvalue weighted by atomic mass is 10.2. The molecule has 2 rings (SSSR count). The van der Waals surface area contributed by atoms with Crippen LogP contribution in [0.25, 0.3) is 5.82 Å². The van der Waals surface area contributed by atoms with E-state index in [2.05, 4.69) is 9.97 Å². The summed E-state index contributed by atoms with van der Waals surface area (Å²) in [4.78, 5) is 19.0. The fourth-order valence-electron chi connectivity index (χ4n) is 1.74. The van der Waals surface area contributed by atoms with Gasteiger partial charge in [-0.05, 0) is 13.8 Å². The molecule has 2 aromatic rings. The van der Waals surface area contributed by atoms with E-state index < -0.39 is 23.3 Å². The molecule has 0 atom stereocenters. The molecule has 0 fully saturated rings. The summed E-state index contributed by atoms with van der Waals surface area (Å²) in [5.74, 6) is -1.47. The van der Waals surface area contributed by atoms with Crippen LogP contribution in [0.15, 0.2) is 18.6 Å². The number of aromatic carboxylic acids is 1. The second kappa shape index (κ2) is 4.62. The van der Waals surface area contributed by atoms with Gasteiger partial charge < -0.3 is 9.67 Å². The Morgan fingerprint density at radius 1 is 1.30 bits per heavy atom. The summed E-state index contributed by atoms with van der Waals surface area (Å²) in [5.41, 5.74) is -1.12. The summed E-state index contributed by atoms with van der Waals surface area (Å²) in [6, 6.07) is 0. The average Bonchev–Trinajstić information content (AvgIpc) is 2.77. The Morgan fingerprint density at radius 3 is 2.45 bits per heavy atom. The molecule has 0 aliphatic carbocycles. The molecule has 0 radical (unpaired) electrons. The van der Waals surface area contributed by atoms with Crippen molar-refractivity contribution in [2.45, 2.75) is 20.0 Å². The average molecular weight is 285 g/mol. The number of aryl methyl sites for hydroxylation is 2. The quantitative estimate of drug-likeness (QED) is 0.921. The molecule has 2 aromatic heterocycles. The van der Waals surface area contributed by atoms with Crippen molar-refractivity contribution < 1.29 is 23.1 Å². The van der Waals surface area contributed by atoms with Crippen LogP contribution in [0, 0.1) is 13.8 Å². The smallest absolute Gasteiger partial charge is 0.418 e. The van der Waals surface area contributed by atoms with Crippen LogP contribution in [0.4, 0.5) is 13.2 Å². The van der Waals surface area contributed by atoms with Crippen molar-refractivity contribution in [3.63, 3.8) is 0 Å².